The lowest BCUT2D eigenvalue weighted by Crippen LogP contribution is -2.05. The number of benzene rings is 2. The molecule has 0 atom stereocenters. The van der Waals surface area contributed by atoms with Gasteiger partial charge in [-0.1, -0.05) is 43.0 Å². The van der Waals surface area contributed by atoms with Crippen molar-refractivity contribution in [2.24, 2.45) is 0 Å². The van der Waals surface area contributed by atoms with Crippen LogP contribution in [0.4, 0.5) is 5.69 Å². The minimum Gasteiger partial charge on any atom is -0.495 e. The van der Waals surface area contributed by atoms with Gasteiger partial charge in [0.25, 0.3) is 0 Å². The van der Waals surface area contributed by atoms with E-state index < -0.39 is 0 Å². The third kappa shape index (κ3) is 3.38. The molecule has 2 nitrogen and oxygen atoms in total. The Labute approximate surface area is 114 Å². The fourth-order valence-electron chi connectivity index (χ4n) is 1.94. The van der Waals surface area contributed by atoms with Crippen molar-refractivity contribution >= 4 is 11.3 Å². The number of ether oxygens (including phenoxy) is 1. The van der Waals surface area contributed by atoms with E-state index in [1.807, 2.05) is 30.3 Å². The molecule has 98 valence electrons. The summed E-state index contributed by atoms with van der Waals surface area (Å²) in [6.07, 6.45) is 0. The summed E-state index contributed by atoms with van der Waals surface area (Å²) < 4.78 is 5.35. The highest BCUT2D eigenvalue weighted by atomic mass is 16.5. The van der Waals surface area contributed by atoms with Crippen LogP contribution in [0.15, 0.2) is 55.1 Å². The van der Waals surface area contributed by atoms with Gasteiger partial charge in [-0.2, -0.15) is 0 Å². The summed E-state index contributed by atoms with van der Waals surface area (Å²) in [5.74, 6) is 0.853. The number of anilines is 1. The number of methoxy groups -OCH3 is 1. The second-order valence-electron chi connectivity index (χ2n) is 4.53. The highest BCUT2D eigenvalue weighted by molar-refractivity contribution is 5.69. The standard InChI is InChI=1S/C17H19NO/c1-13-9-10-17(19-3)16(11-13)18-12-14(2)15-7-5-4-6-8-15/h4-11,18H,2,12H2,1,3H3. The molecule has 0 aliphatic carbocycles. The third-order valence-electron chi connectivity index (χ3n) is 3.03. The first kappa shape index (κ1) is 13.2. The molecule has 0 amide bonds. The summed E-state index contributed by atoms with van der Waals surface area (Å²) in [6.45, 7) is 6.88. The van der Waals surface area contributed by atoms with Gasteiger partial charge in [0.2, 0.25) is 0 Å². The minimum absolute atomic E-state index is 0.698. The molecule has 0 aliphatic rings. The lowest BCUT2D eigenvalue weighted by atomic mass is 10.1. The van der Waals surface area contributed by atoms with Crippen LogP contribution in [0.2, 0.25) is 0 Å². The van der Waals surface area contributed by atoms with Crippen molar-refractivity contribution in [3.05, 3.63) is 66.2 Å². The van der Waals surface area contributed by atoms with Gasteiger partial charge in [-0.05, 0) is 35.8 Å². The predicted octanol–water partition coefficient (Wildman–Crippen LogP) is 4.13. The molecule has 1 N–H and O–H groups in total. The van der Waals surface area contributed by atoms with Gasteiger partial charge in [0.15, 0.2) is 0 Å². The van der Waals surface area contributed by atoms with E-state index in [0.717, 1.165) is 22.6 Å². The zero-order valence-electron chi connectivity index (χ0n) is 11.4. The molecule has 0 aromatic heterocycles. The molecule has 0 heterocycles. The van der Waals surface area contributed by atoms with Crippen LogP contribution in [0.5, 0.6) is 5.75 Å². The fourth-order valence-corrected chi connectivity index (χ4v) is 1.94. The van der Waals surface area contributed by atoms with Crippen molar-refractivity contribution in [2.45, 2.75) is 6.92 Å². The Bertz CT molecular complexity index is 561. The third-order valence-corrected chi connectivity index (χ3v) is 3.03. The molecule has 2 rings (SSSR count). The summed E-state index contributed by atoms with van der Waals surface area (Å²) >= 11 is 0. The van der Waals surface area contributed by atoms with Crippen LogP contribution in [0.3, 0.4) is 0 Å². The Kier molecular flexibility index (Phi) is 4.24. The molecule has 0 radical (unpaired) electrons. The van der Waals surface area contributed by atoms with E-state index in [4.69, 9.17) is 4.74 Å². The second kappa shape index (κ2) is 6.10. The van der Waals surface area contributed by atoms with Crippen molar-refractivity contribution in [2.75, 3.05) is 19.0 Å². The van der Waals surface area contributed by atoms with Crippen molar-refractivity contribution in [3.8, 4) is 5.75 Å². The Morgan fingerprint density at radius 2 is 1.89 bits per heavy atom. The van der Waals surface area contributed by atoms with Crippen molar-refractivity contribution < 1.29 is 4.74 Å². The number of hydrogen-bond donors (Lipinski definition) is 1. The monoisotopic (exact) mass is 253 g/mol. The quantitative estimate of drug-likeness (QED) is 0.865. The van der Waals surface area contributed by atoms with Crippen LogP contribution >= 0.6 is 0 Å². The van der Waals surface area contributed by atoms with E-state index >= 15 is 0 Å². The molecule has 0 unspecified atom stereocenters. The lowest BCUT2D eigenvalue weighted by Gasteiger charge is -2.13. The Morgan fingerprint density at radius 3 is 2.58 bits per heavy atom. The van der Waals surface area contributed by atoms with E-state index in [1.54, 1.807) is 7.11 Å². The lowest BCUT2D eigenvalue weighted by molar-refractivity contribution is 0.416. The second-order valence-corrected chi connectivity index (χ2v) is 4.53. The maximum Gasteiger partial charge on any atom is 0.141 e. The molecule has 0 aliphatic heterocycles. The van der Waals surface area contributed by atoms with Gasteiger partial charge in [-0.25, -0.2) is 0 Å². The van der Waals surface area contributed by atoms with Gasteiger partial charge in [-0.3, -0.25) is 0 Å². The van der Waals surface area contributed by atoms with Crippen LogP contribution in [0.25, 0.3) is 5.57 Å². The van der Waals surface area contributed by atoms with Crippen molar-refractivity contribution in [1.29, 1.82) is 0 Å². The van der Waals surface area contributed by atoms with Crippen molar-refractivity contribution in [1.82, 2.24) is 0 Å². The predicted molar refractivity (Wildman–Crippen MR) is 81.7 cm³/mol. The molecular formula is C17H19NO. The van der Waals surface area contributed by atoms with Crippen LogP contribution in [0, 0.1) is 6.92 Å². The van der Waals surface area contributed by atoms with E-state index in [0.29, 0.717) is 6.54 Å². The number of hydrogen-bond acceptors (Lipinski definition) is 2. The summed E-state index contributed by atoms with van der Waals surface area (Å²) in [4.78, 5) is 0. The van der Waals surface area contributed by atoms with Gasteiger partial charge in [0.1, 0.15) is 5.75 Å². The van der Waals surface area contributed by atoms with Crippen LogP contribution in [-0.4, -0.2) is 13.7 Å². The first-order valence-corrected chi connectivity index (χ1v) is 6.32. The number of aryl methyl sites for hydroxylation is 1. The maximum absolute atomic E-state index is 5.35. The first-order chi connectivity index (χ1) is 9.20. The van der Waals surface area contributed by atoms with Crippen LogP contribution < -0.4 is 10.1 Å². The van der Waals surface area contributed by atoms with Gasteiger partial charge >= 0.3 is 0 Å². The Hall–Kier alpha value is -2.22. The average molecular weight is 253 g/mol. The maximum atomic E-state index is 5.35. The molecule has 19 heavy (non-hydrogen) atoms. The number of nitrogens with one attached hydrogen (secondary N) is 1. The van der Waals surface area contributed by atoms with Gasteiger partial charge in [0.05, 0.1) is 12.8 Å². The fraction of sp³-hybridized carbons (Fsp3) is 0.176. The molecule has 0 saturated heterocycles. The zero-order valence-corrected chi connectivity index (χ0v) is 11.4. The molecule has 0 spiro atoms. The highest BCUT2D eigenvalue weighted by Gasteiger charge is 2.04. The summed E-state index contributed by atoms with van der Waals surface area (Å²) in [6, 6.07) is 16.3. The topological polar surface area (TPSA) is 21.3 Å². The van der Waals surface area contributed by atoms with Crippen molar-refractivity contribution in [3.63, 3.8) is 0 Å². The molecule has 0 fully saturated rings. The molecule has 0 saturated carbocycles. The molecular weight excluding hydrogens is 234 g/mol. The molecule has 0 bridgehead atoms. The summed E-state index contributed by atoms with van der Waals surface area (Å²) in [7, 11) is 1.68. The normalized spacial score (nSPS) is 10.0. The zero-order chi connectivity index (χ0) is 13.7. The van der Waals surface area contributed by atoms with Crippen LogP contribution in [-0.2, 0) is 0 Å². The first-order valence-electron chi connectivity index (χ1n) is 6.32. The average Bonchev–Trinajstić information content (AvgIpc) is 2.46. The Balaban J connectivity index is 2.07. The molecule has 2 aromatic rings. The number of rotatable bonds is 5. The molecule has 2 heteroatoms. The summed E-state index contributed by atoms with van der Waals surface area (Å²) in [5, 5.41) is 3.38. The van der Waals surface area contributed by atoms with E-state index in [-0.39, 0.29) is 0 Å². The SMILES string of the molecule is C=C(CNc1cc(C)ccc1OC)c1ccccc1. The Morgan fingerprint density at radius 1 is 1.16 bits per heavy atom. The van der Waals surface area contributed by atoms with E-state index in [1.165, 1.54) is 5.56 Å². The summed E-state index contributed by atoms with van der Waals surface area (Å²) in [5.41, 5.74) is 4.42. The van der Waals surface area contributed by atoms with E-state index in [9.17, 15) is 0 Å². The van der Waals surface area contributed by atoms with Gasteiger partial charge in [-0.15, -0.1) is 0 Å². The molecule has 2 aromatic carbocycles. The van der Waals surface area contributed by atoms with Gasteiger partial charge < -0.3 is 10.1 Å². The van der Waals surface area contributed by atoms with E-state index in [2.05, 4.69) is 37.0 Å². The smallest absolute Gasteiger partial charge is 0.141 e. The largest absolute Gasteiger partial charge is 0.495 e. The minimum atomic E-state index is 0.698. The van der Waals surface area contributed by atoms with Crippen LogP contribution in [0.1, 0.15) is 11.1 Å². The highest BCUT2D eigenvalue weighted by Crippen LogP contribution is 2.26. The van der Waals surface area contributed by atoms with Gasteiger partial charge in [0, 0.05) is 6.54 Å².